The molecule has 0 bridgehead atoms. The van der Waals surface area contributed by atoms with E-state index in [0.29, 0.717) is 62.0 Å². The van der Waals surface area contributed by atoms with Gasteiger partial charge in [-0.1, -0.05) is 19.4 Å². The van der Waals surface area contributed by atoms with Crippen molar-refractivity contribution < 1.29 is 33.6 Å². The maximum atomic E-state index is 13.5. The number of aliphatic hydroxyl groups excluding tert-OH is 1. The number of likely N-dealkylation sites (tertiary alicyclic amines) is 1. The number of amides is 1. The van der Waals surface area contributed by atoms with Crippen molar-refractivity contribution >= 4 is 17.4 Å². The molecule has 5 rings (SSSR count). The summed E-state index contributed by atoms with van der Waals surface area (Å²) < 4.78 is 22.8. The van der Waals surface area contributed by atoms with E-state index in [1.54, 1.807) is 30.2 Å². The fraction of sp³-hybridized carbons (Fsp3) is 0.484. The zero-order valence-electron chi connectivity index (χ0n) is 23.5. The summed E-state index contributed by atoms with van der Waals surface area (Å²) in [6.07, 6.45) is 2.68. The van der Waals surface area contributed by atoms with Crippen LogP contribution < -0.4 is 14.2 Å². The van der Waals surface area contributed by atoms with Gasteiger partial charge in [-0.25, -0.2) is 0 Å². The molecule has 2 atom stereocenters. The maximum absolute atomic E-state index is 13.5. The number of ether oxygens (including phenoxy) is 4. The van der Waals surface area contributed by atoms with Crippen LogP contribution in [-0.4, -0.2) is 85.8 Å². The Morgan fingerprint density at radius 3 is 2.62 bits per heavy atom. The Balaban J connectivity index is 1.53. The van der Waals surface area contributed by atoms with Gasteiger partial charge >= 0.3 is 0 Å². The lowest BCUT2D eigenvalue weighted by Gasteiger charge is -2.31. The monoisotopic (exact) mass is 550 g/mol. The fourth-order valence-corrected chi connectivity index (χ4v) is 5.56. The van der Waals surface area contributed by atoms with Crippen molar-refractivity contribution in [1.29, 1.82) is 0 Å². The van der Waals surface area contributed by atoms with Crippen molar-refractivity contribution in [3.05, 3.63) is 58.7 Å². The number of unbranched alkanes of at least 4 members (excludes halogenated alkanes) is 1. The van der Waals surface area contributed by atoms with Gasteiger partial charge in [0.05, 0.1) is 38.5 Å². The van der Waals surface area contributed by atoms with E-state index in [0.717, 1.165) is 37.2 Å². The molecule has 2 fully saturated rings. The van der Waals surface area contributed by atoms with E-state index in [9.17, 15) is 14.7 Å². The van der Waals surface area contributed by atoms with Crippen LogP contribution in [0.5, 0.6) is 17.2 Å². The first kappa shape index (κ1) is 28.0. The van der Waals surface area contributed by atoms with Crippen LogP contribution in [0.3, 0.4) is 0 Å². The Morgan fingerprint density at radius 2 is 1.88 bits per heavy atom. The lowest BCUT2D eigenvalue weighted by atomic mass is 9.94. The standard InChI is InChI=1S/C31H38N2O7/c1-4-5-14-39-25-9-6-21(19-26(25)37-3)28-27(29(34)22-7-8-24-23(18-22)17-20(2)40-24)30(35)31(36)33(28)11-10-32-12-15-38-16-13-32/h6-9,18-20,28,34H,4-5,10-17H2,1-3H3/t20-,28+/m1/s1. The van der Waals surface area contributed by atoms with Gasteiger partial charge in [-0.05, 0) is 54.8 Å². The number of benzene rings is 2. The van der Waals surface area contributed by atoms with Gasteiger partial charge in [-0.2, -0.15) is 0 Å². The van der Waals surface area contributed by atoms with Crippen LogP contribution in [0.4, 0.5) is 0 Å². The van der Waals surface area contributed by atoms with E-state index in [2.05, 4.69) is 11.8 Å². The number of carbonyl (C=O) groups excluding carboxylic acids is 2. The molecule has 9 heteroatoms. The average molecular weight is 551 g/mol. The highest BCUT2D eigenvalue weighted by Crippen LogP contribution is 2.42. The Kier molecular flexibility index (Phi) is 8.61. The van der Waals surface area contributed by atoms with Crippen LogP contribution in [0, 0.1) is 0 Å². The van der Waals surface area contributed by atoms with E-state index in [-0.39, 0.29) is 17.4 Å². The number of nitrogens with zero attached hydrogens (tertiary/aromatic N) is 2. The molecule has 0 radical (unpaired) electrons. The predicted octanol–water partition coefficient (Wildman–Crippen LogP) is 3.95. The lowest BCUT2D eigenvalue weighted by molar-refractivity contribution is -0.140. The summed E-state index contributed by atoms with van der Waals surface area (Å²) in [6, 6.07) is 10.1. The smallest absolute Gasteiger partial charge is 0.295 e. The highest BCUT2D eigenvalue weighted by Gasteiger charge is 2.46. The summed E-state index contributed by atoms with van der Waals surface area (Å²) in [6.45, 7) is 8.38. The summed E-state index contributed by atoms with van der Waals surface area (Å²) in [5.74, 6) is 0.363. The van der Waals surface area contributed by atoms with Crippen molar-refractivity contribution in [2.24, 2.45) is 0 Å². The highest BCUT2D eigenvalue weighted by atomic mass is 16.5. The molecule has 0 aromatic heterocycles. The van der Waals surface area contributed by atoms with Gasteiger partial charge in [0.15, 0.2) is 11.5 Å². The predicted molar refractivity (Wildman–Crippen MR) is 150 cm³/mol. The lowest BCUT2D eigenvalue weighted by Crippen LogP contribution is -2.42. The summed E-state index contributed by atoms with van der Waals surface area (Å²) in [5.41, 5.74) is 2.19. The normalized spacial score (nSPS) is 22.3. The van der Waals surface area contributed by atoms with Gasteiger partial charge in [0.2, 0.25) is 0 Å². The quantitative estimate of drug-likeness (QED) is 0.206. The molecule has 9 nitrogen and oxygen atoms in total. The fourth-order valence-electron chi connectivity index (χ4n) is 5.56. The molecule has 0 aliphatic carbocycles. The van der Waals surface area contributed by atoms with Crippen LogP contribution in [0.2, 0.25) is 0 Å². The molecule has 1 N–H and O–H groups in total. The maximum Gasteiger partial charge on any atom is 0.295 e. The molecule has 2 saturated heterocycles. The largest absolute Gasteiger partial charge is 0.507 e. The topological polar surface area (TPSA) is 97.8 Å². The van der Waals surface area contributed by atoms with E-state index < -0.39 is 17.7 Å². The second-order valence-corrected chi connectivity index (χ2v) is 10.5. The molecule has 3 heterocycles. The van der Waals surface area contributed by atoms with Gasteiger partial charge in [0, 0.05) is 38.2 Å². The van der Waals surface area contributed by atoms with Crippen molar-refractivity contribution in [3.8, 4) is 17.2 Å². The summed E-state index contributed by atoms with van der Waals surface area (Å²) >= 11 is 0. The molecule has 0 spiro atoms. The Bertz CT molecular complexity index is 1280. The van der Waals surface area contributed by atoms with Gasteiger partial charge in [0.25, 0.3) is 11.7 Å². The second-order valence-electron chi connectivity index (χ2n) is 10.5. The van der Waals surface area contributed by atoms with Crippen LogP contribution in [0.25, 0.3) is 5.76 Å². The number of ketones is 1. The Hall–Kier alpha value is -3.56. The summed E-state index contributed by atoms with van der Waals surface area (Å²) in [5, 5.41) is 11.6. The zero-order valence-corrected chi connectivity index (χ0v) is 23.5. The molecule has 40 heavy (non-hydrogen) atoms. The van der Waals surface area contributed by atoms with Gasteiger partial charge < -0.3 is 29.0 Å². The number of carbonyl (C=O) groups is 2. The van der Waals surface area contributed by atoms with E-state index in [1.165, 1.54) is 0 Å². The van der Waals surface area contributed by atoms with E-state index >= 15 is 0 Å². The van der Waals surface area contributed by atoms with Gasteiger partial charge in [-0.15, -0.1) is 0 Å². The third-order valence-electron chi connectivity index (χ3n) is 7.73. The third kappa shape index (κ3) is 5.67. The zero-order chi connectivity index (χ0) is 28.2. The number of Topliss-reactive ketones (excluding diaryl/α,β-unsaturated/α-hetero) is 1. The molecule has 3 aliphatic rings. The Labute approximate surface area is 235 Å². The number of aliphatic hydroxyl groups is 1. The number of hydrogen-bond donors (Lipinski definition) is 1. The molecule has 214 valence electrons. The number of morpholine rings is 1. The van der Waals surface area contributed by atoms with Crippen LogP contribution in [-0.2, 0) is 20.7 Å². The van der Waals surface area contributed by atoms with Gasteiger partial charge in [-0.3, -0.25) is 14.5 Å². The van der Waals surface area contributed by atoms with Crippen molar-refractivity contribution in [3.63, 3.8) is 0 Å². The first-order valence-electron chi connectivity index (χ1n) is 14.1. The number of fused-ring (bicyclic) bond motifs is 1. The van der Waals surface area contributed by atoms with Crippen LogP contribution >= 0.6 is 0 Å². The Morgan fingerprint density at radius 1 is 1.07 bits per heavy atom. The first-order chi connectivity index (χ1) is 19.4. The van der Waals surface area contributed by atoms with Crippen molar-refractivity contribution in [2.45, 2.75) is 45.3 Å². The summed E-state index contributed by atoms with van der Waals surface area (Å²) in [7, 11) is 1.56. The summed E-state index contributed by atoms with van der Waals surface area (Å²) in [4.78, 5) is 30.7. The molecule has 1 amide bonds. The molecule has 0 unspecified atom stereocenters. The van der Waals surface area contributed by atoms with Crippen molar-refractivity contribution in [2.75, 3.05) is 53.1 Å². The minimum Gasteiger partial charge on any atom is -0.507 e. The molecule has 2 aromatic rings. The molecule has 3 aliphatic heterocycles. The van der Waals surface area contributed by atoms with Crippen LogP contribution in [0.15, 0.2) is 42.0 Å². The number of hydrogen-bond acceptors (Lipinski definition) is 8. The van der Waals surface area contributed by atoms with E-state index in [4.69, 9.17) is 18.9 Å². The van der Waals surface area contributed by atoms with Gasteiger partial charge in [0.1, 0.15) is 17.6 Å². The average Bonchev–Trinajstić information content (AvgIpc) is 3.47. The van der Waals surface area contributed by atoms with Crippen LogP contribution in [0.1, 0.15) is 49.4 Å². The SMILES string of the molecule is CCCCOc1ccc([C@H]2C(=C(O)c3ccc4c(c3)C[C@@H](C)O4)C(=O)C(=O)N2CCN2CCOCC2)cc1OC. The molecule has 2 aromatic carbocycles. The highest BCUT2D eigenvalue weighted by molar-refractivity contribution is 6.46. The second kappa shape index (κ2) is 12.3. The molecular formula is C31H38N2O7. The minimum absolute atomic E-state index is 0.0451. The van der Waals surface area contributed by atoms with Crippen molar-refractivity contribution in [1.82, 2.24) is 9.80 Å². The minimum atomic E-state index is -0.775. The molecule has 0 saturated carbocycles. The number of rotatable bonds is 10. The first-order valence-corrected chi connectivity index (χ1v) is 14.1. The third-order valence-corrected chi connectivity index (χ3v) is 7.73. The van der Waals surface area contributed by atoms with E-state index in [1.807, 2.05) is 25.1 Å². The molecular weight excluding hydrogens is 512 g/mol. The number of methoxy groups -OCH3 is 1.